The maximum atomic E-state index is 12.5. The van der Waals surface area contributed by atoms with Crippen LogP contribution in [0.1, 0.15) is 20.3 Å². The fourth-order valence-corrected chi connectivity index (χ4v) is 4.81. The minimum absolute atomic E-state index is 0.0907. The number of hydrogen-bond acceptors (Lipinski definition) is 18. The maximum Gasteiger partial charge on any atom is 0.334 e. The molecule has 2 heterocycles. The van der Waals surface area contributed by atoms with Crippen LogP contribution in [-0.4, -0.2) is 145 Å². The lowest BCUT2D eigenvalue weighted by molar-refractivity contribution is -0.404. The van der Waals surface area contributed by atoms with E-state index in [4.69, 9.17) is 18.9 Å². The van der Waals surface area contributed by atoms with E-state index in [1.807, 2.05) is 0 Å². The van der Waals surface area contributed by atoms with Crippen LogP contribution < -0.4 is 15.2 Å². The Balaban J connectivity index is 1.92. The third kappa shape index (κ3) is 8.41. The van der Waals surface area contributed by atoms with E-state index in [0.29, 0.717) is 0 Å². The first-order valence-corrected chi connectivity index (χ1v) is 13.8. The summed E-state index contributed by atoms with van der Waals surface area (Å²) >= 11 is 0. The van der Waals surface area contributed by atoms with E-state index < -0.39 is 115 Å². The van der Waals surface area contributed by atoms with Crippen LogP contribution in [0.25, 0.3) is 0 Å². The summed E-state index contributed by atoms with van der Waals surface area (Å²) in [5.74, 6) is -7.40. The number of ether oxygens (including phenoxy) is 5. The number of amides is 1. The van der Waals surface area contributed by atoms with E-state index >= 15 is 0 Å². The molecule has 20 heteroatoms. The number of carbonyl (C=O) groups is 3. The second-order valence-electron chi connectivity index (χ2n) is 10.6. The van der Waals surface area contributed by atoms with E-state index in [1.165, 1.54) is 0 Å². The van der Waals surface area contributed by atoms with E-state index in [2.05, 4.69) is 10.1 Å². The summed E-state index contributed by atoms with van der Waals surface area (Å²) < 4.78 is 26.6. The molecule has 0 saturated carbocycles. The summed E-state index contributed by atoms with van der Waals surface area (Å²) in [7, 11) is 0. The minimum atomic E-state index is -3.13. The predicted molar refractivity (Wildman–Crippen MR) is 142 cm³/mol. The van der Waals surface area contributed by atoms with E-state index in [0.717, 1.165) is 38.1 Å². The second kappa shape index (κ2) is 15.3. The van der Waals surface area contributed by atoms with Crippen molar-refractivity contribution >= 4 is 23.5 Å². The molecule has 0 aliphatic carbocycles. The van der Waals surface area contributed by atoms with Crippen molar-refractivity contribution in [1.82, 2.24) is 5.32 Å². The Morgan fingerprint density at radius 3 is 2.28 bits per heavy atom. The highest BCUT2D eigenvalue weighted by atomic mass is 16.8. The molecular weight excluding hydrogens is 628 g/mol. The second-order valence-corrected chi connectivity index (χ2v) is 10.6. The van der Waals surface area contributed by atoms with Gasteiger partial charge in [-0.1, -0.05) is 0 Å². The van der Waals surface area contributed by atoms with Gasteiger partial charge in [-0.3, -0.25) is 14.9 Å². The van der Waals surface area contributed by atoms with Gasteiger partial charge in [-0.2, -0.15) is 0 Å². The van der Waals surface area contributed by atoms with Gasteiger partial charge in [0.15, 0.2) is 0 Å². The molecule has 258 valence electrons. The zero-order valence-corrected chi connectivity index (χ0v) is 24.4. The standard InChI is InChI=1S/C26H36N2O18/c1-10(30)23(37)42-9-15(33)18(34)21-17(27-11(2)31)14(32)7-26(45-21,25(38)39)46-22-19(35)16(8-29)44-24(20(22)36)43-13-5-3-12(4-6-13)28(40)41/h3-6,10,14-22,24,29-30,32-36H,7-9H2,1-2H3,(H,27,31)(H,38,39)/p-1/t10-,14+,15+,16?,17+,18+,19-,20?,21?,22?,24+,26-/m0/s1. The SMILES string of the molecule is CC(=O)N[C@H]1C([C@H](O)[C@H](O)COC(=O)[C@H](C)O)O[C@@](OC2C(O)[C@H](Oc3ccc([N+](=O)[O-])cc3)OC(CO)[C@@H]2O)(C(=O)[O-])C[C@H]1O. The van der Waals surface area contributed by atoms with Crippen LogP contribution in [0.5, 0.6) is 5.75 Å². The first-order chi connectivity index (χ1) is 21.5. The Labute approximate surface area is 259 Å². The first-order valence-electron chi connectivity index (χ1n) is 13.8. The van der Waals surface area contributed by atoms with Crippen LogP contribution in [-0.2, 0) is 33.3 Å². The zero-order chi connectivity index (χ0) is 34.5. The van der Waals surface area contributed by atoms with Gasteiger partial charge in [-0.25, -0.2) is 4.79 Å². The molecule has 46 heavy (non-hydrogen) atoms. The number of carboxylic acid groups (broad SMARTS) is 1. The van der Waals surface area contributed by atoms with Crippen LogP contribution in [0, 0.1) is 10.1 Å². The molecule has 1 amide bonds. The van der Waals surface area contributed by atoms with Crippen molar-refractivity contribution in [1.29, 1.82) is 0 Å². The Morgan fingerprint density at radius 1 is 1.13 bits per heavy atom. The van der Waals surface area contributed by atoms with Crippen molar-refractivity contribution in [3.63, 3.8) is 0 Å². The van der Waals surface area contributed by atoms with Crippen molar-refractivity contribution in [2.45, 2.75) is 93.3 Å². The number of nitrogens with one attached hydrogen (secondary N) is 1. The number of carbonyl (C=O) groups excluding carboxylic acids is 3. The molecule has 2 fully saturated rings. The van der Waals surface area contributed by atoms with Crippen molar-refractivity contribution in [3.8, 4) is 5.75 Å². The number of nitro benzene ring substituents is 1. The molecule has 2 aliphatic heterocycles. The van der Waals surface area contributed by atoms with Crippen molar-refractivity contribution in [3.05, 3.63) is 34.4 Å². The molecule has 1 aromatic rings. The van der Waals surface area contributed by atoms with Crippen LogP contribution in [0.4, 0.5) is 5.69 Å². The summed E-state index contributed by atoms with van der Waals surface area (Å²) in [4.78, 5) is 46.3. The highest BCUT2D eigenvalue weighted by Crippen LogP contribution is 2.37. The van der Waals surface area contributed by atoms with Gasteiger partial charge < -0.3 is 74.6 Å². The van der Waals surface area contributed by atoms with Crippen molar-refractivity contribution in [2.24, 2.45) is 0 Å². The number of nitro groups is 1. The molecule has 0 bridgehead atoms. The Hall–Kier alpha value is -3.57. The van der Waals surface area contributed by atoms with Gasteiger partial charge in [0.2, 0.25) is 18.0 Å². The quantitative estimate of drug-likeness (QED) is 0.0554. The molecule has 1 aromatic carbocycles. The molecule has 2 saturated heterocycles. The Bertz CT molecular complexity index is 1230. The van der Waals surface area contributed by atoms with Crippen LogP contribution in [0.3, 0.4) is 0 Å². The number of hydrogen-bond donors (Lipinski definition) is 8. The average Bonchev–Trinajstić information content (AvgIpc) is 2.99. The lowest BCUT2D eigenvalue weighted by Gasteiger charge is -2.51. The van der Waals surface area contributed by atoms with Gasteiger partial charge in [0, 0.05) is 25.5 Å². The van der Waals surface area contributed by atoms with Gasteiger partial charge in [0.25, 0.3) is 5.69 Å². The molecular formula is C26H35N2O18-. The smallest absolute Gasteiger partial charge is 0.334 e. The van der Waals surface area contributed by atoms with E-state index in [-0.39, 0.29) is 11.4 Å². The highest BCUT2D eigenvalue weighted by molar-refractivity contribution is 5.75. The maximum absolute atomic E-state index is 12.5. The number of benzene rings is 1. The monoisotopic (exact) mass is 663 g/mol. The number of aliphatic hydroxyl groups excluding tert-OH is 7. The average molecular weight is 664 g/mol. The largest absolute Gasteiger partial charge is 0.544 e. The Kier molecular flexibility index (Phi) is 12.3. The van der Waals surface area contributed by atoms with Crippen LogP contribution in [0.2, 0.25) is 0 Å². The molecule has 2 aliphatic rings. The van der Waals surface area contributed by atoms with Gasteiger partial charge in [0.05, 0.1) is 23.7 Å². The Morgan fingerprint density at radius 2 is 1.76 bits per heavy atom. The molecule has 4 unspecified atom stereocenters. The highest BCUT2D eigenvalue weighted by Gasteiger charge is 2.57. The fraction of sp³-hybridized carbons (Fsp3) is 0.654. The minimum Gasteiger partial charge on any atom is -0.544 e. The number of carboxylic acids is 1. The topological polar surface area (TPSA) is 317 Å². The predicted octanol–water partition coefficient (Wildman–Crippen LogP) is -5.46. The number of rotatable bonds is 13. The van der Waals surface area contributed by atoms with E-state index in [9.17, 15) is 65.4 Å². The summed E-state index contributed by atoms with van der Waals surface area (Å²) in [5, 5.41) is 98.9. The molecule has 8 N–H and O–H groups in total. The normalized spacial score (nSPS) is 33.2. The number of non-ortho nitro benzene ring substituents is 1. The third-order valence-electron chi connectivity index (χ3n) is 7.17. The number of aliphatic carboxylic acids is 1. The number of aliphatic hydroxyl groups is 7. The molecule has 0 radical (unpaired) electrons. The fourth-order valence-electron chi connectivity index (χ4n) is 4.81. The van der Waals surface area contributed by atoms with Gasteiger partial charge in [0.1, 0.15) is 67.2 Å². The summed E-state index contributed by atoms with van der Waals surface area (Å²) in [6, 6.07) is 2.80. The summed E-state index contributed by atoms with van der Waals surface area (Å²) in [5.41, 5.74) is -0.299. The molecule has 0 aromatic heterocycles. The summed E-state index contributed by atoms with van der Waals surface area (Å²) in [6.45, 7) is 0.206. The lowest BCUT2D eigenvalue weighted by Crippen LogP contribution is -2.72. The van der Waals surface area contributed by atoms with Crippen LogP contribution in [0.15, 0.2) is 24.3 Å². The van der Waals surface area contributed by atoms with Crippen molar-refractivity contribution < 1.29 is 83.8 Å². The van der Waals surface area contributed by atoms with E-state index in [1.54, 1.807) is 0 Å². The zero-order valence-electron chi connectivity index (χ0n) is 24.4. The van der Waals surface area contributed by atoms with Gasteiger partial charge >= 0.3 is 5.97 Å². The van der Waals surface area contributed by atoms with Gasteiger partial charge in [-0.15, -0.1) is 0 Å². The molecule has 12 atom stereocenters. The van der Waals surface area contributed by atoms with Crippen LogP contribution >= 0.6 is 0 Å². The molecule has 3 rings (SSSR count). The van der Waals surface area contributed by atoms with Crippen molar-refractivity contribution in [2.75, 3.05) is 13.2 Å². The lowest BCUT2D eigenvalue weighted by atomic mass is 9.88. The first kappa shape index (κ1) is 36.9. The number of nitrogens with zero attached hydrogens (tertiary/aromatic N) is 1. The third-order valence-corrected chi connectivity index (χ3v) is 7.17. The number of esters is 1. The van der Waals surface area contributed by atoms with Gasteiger partial charge in [-0.05, 0) is 19.1 Å². The molecule has 0 spiro atoms. The molecule has 20 nitrogen and oxygen atoms in total. The summed E-state index contributed by atoms with van der Waals surface area (Å²) in [6.07, 6.45) is -20.4.